The van der Waals surface area contributed by atoms with E-state index in [1.54, 1.807) is 6.07 Å². The van der Waals surface area contributed by atoms with Crippen LogP contribution < -0.4 is 10.6 Å². The van der Waals surface area contributed by atoms with Gasteiger partial charge in [0, 0.05) is 21.5 Å². The summed E-state index contributed by atoms with van der Waals surface area (Å²) in [5, 5.41) is 17.2. The molecule has 3 atom stereocenters. The van der Waals surface area contributed by atoms with Gasteiger partial charge in [0.2, 0.25) is 0 Å². The number of carbonyl (C=O) groups excluding carboxylic acids is 1. The van der Waals surface area contributed by atoms with Gasteiger partial charge in [-0.2, -0.15) is 0 Å². The average Bonchev–Trinajstić information content (AvgIpc) is 3.11. The second kappa shape index (κ2) is 6.96. The van der Waals surface area contributed by atoms with Crippen molar-refractivity contribution in [2.24, 2.45) is 5.92 Å². The van der Waals surface area contributed by atoms with E-state index in [4.69, 9.17) is 0 Å². The summed E-state index contributed by atoms with van der Waals surface area (Å²) in [6, 6.07) is 11.4. The molecule has 1 heterocycles. The fraction of sp³-hybridized carbons (Fsp3) is 0.348. The Morgan fingerprint density at radius 2 is 2.00 bits per heavy atom. The van der Waals surface area contributed by atoms with Crippen molar-refractivity contribution >= 4 is 27.5 Å². The Labute approximate surface area is 174 Å². The van der Waals surface area contributed by atoms with Crippen molar-refractivity contribution in [2.45, 2.75) is 44.7 Å². The minimum absolute atomic E-state index is 0.0754. The van der Waals surface area contributed by atoms with Gasteiger partial charge in [0.25, 0.3) is 5.91 Å². The first-order valence-corrected chi connectivity index (χ1v) is 10.4. The zero-order valence-electron chi connectivity index (χ0n) is 16.3. The van der Waals surface area contributed by atoms with Crippen molar-refractivity contribution in [1.29, 1.82) is 0 Å². The lowest BCUT2D eigenvalue weighted by molar-refractivity contribution is 0.0920. The molecule has 0 spiro atoms. The quantitative estimate of drug-likeness (QED) is 0.539. The molecule has 1 amide bonds. The lowest BCUT2D eigenvalue weighted by Crippen LogP contribution is -2.41. The number of halogens is 1. The predicted molar refractivity (Wildman–Crippen MR) is 116 cm³/mol. The highest BCUT2D eigenvalue weighted by Crippen LogP contribution is 2.52. The predicted octanol–water partition coefficient (Wildman–Crippen LogP) is 5.51. The number of phenolic OH excluding ortho intramolecular Hbond substituents is 1. The normalized spacial score (nSPS) is 22.9. The molecule has 0 fully saturated rings. The van der Waals surface area contributed by atoms with Crippen LogP contribution in [0, 0.1) is 5.92 Å². The fourth-order valence-electron chi connectivity index (χ4n) is 4.30. The molecule has 146 valence electrons. The van der Waals surface area contributed by atoms with Crippen LogP contribution in [0.3, 0.4) is 0 Å². The van der Waals surface area contributed by atoms with Crippen LogP contribution in [0.4, 0.5) is 5.69 Å². The topological polar surface area (TPSA) is 61.4 Å². The second-order valence-corrected chi connectivity index (χ2v) is 9.57. The molecule has 0 saturated carbocycles. The number of allylic oxidation sites excluding steroid dienone is 2. The third-order valence-electron chi connectivity index (χ3n) is 5.45. The lowest BCUT2D eigenvalue weighted by atomic mass is 9.76. The van der Waals surface area contributed by atoms with Gasteiger partial charge in [-0.3, -0.25) is 4.79 Å². The molecule has 1 aliphatic carbocycles. The lowest BCUT2D eigenvalue weighted by Gasteiger charge is -2.38. The number of benzene rings is 2. The third-order valence-corrected chi connectivity index (χ3v) is 5.95. The zero-order chi connectivity index (χ0) is 20.1. The van der Waals surface area contributed by atoms with Gasteiger partial charge in [0.05, 0.1) is 17.3 Å². The molecule has 0 aromatic heterocycles. The molecule has 2 aromatic rings. The van der Waals surface area contributed by atoms with E-state index < -0.39 is 0 Å². The SMILES string of the molecule is CC(C)(C)NC(=O)c1cccc2c1NC(c1cc(Br)ccc1O)C1CC=CC21. The molecule has 4 nitrogen and oxygen atoms in total. The zero-order valence-corrected chi connectivity index (χ0v) is 17.9. The number of rotatable bonds is 2. The molecular weight excluding hydrogens is 416 g/mol. The summed E-state index contributed by atoms with van der Waals surface area (Å²) in [6.45, 7) is 5.93. The minimum atomic E-state index is -0.313. The van der Waals surface area contributed by atoms with Crippen LogP contribution in [0.25, 0.3) is 0 Å². The van der Waals surface area contributed by atoms with Crippen molar-refractivity contribution in [1.82, 2.24) is 5.32 Å². The van der Waals surface area contributed by atoms with Crippen molar-refractivity contribution in [3.8, 4) is 5.75 Å². The Morgan fingerprint density at radius 3 is 2.75 bits per heavy atom. The highest BCUT2D eigenvalue weighted by atomic mass is 79.9. The van der Waals surface area contributed by atoms with Crippen LogP contribution in [0.2, 0.25) is 0 Å². The maximum Gasteiger partial charge on any atom is 0.253 e. The number of aromatic hydroxyl groups is 1. The number of nitrogens with one attached hydrogen (secondary N) is 2. The van der Waals surface area contributed by atoms with Gasteiger partial charge in [-0.25, -0.2) is 0 Å². The van der Waals surface area contributed by atoms with Crippen molar-refractivity contribution in [3.63, 3.8) is 0 Å². The highest BCUT2D eigenvalue weighted by Gasteiger charge is 2.40. The largest absolute Gasteiger partial charge is 0.508 e. The molecule has 1 aliphatic heterocycles. The van der Waals surface area contributed by atoms with Gasteiger partial charge >= 0.3 is 0 Å². The first-order valence-electron chi connectivity index (χ1n) is 9.61. The van der Waals surface area contributed by atoms with Crippen molar-refractivity contribution < 1.29 is 9.90 Å². The van der Waals surface area contributed by atoms with Gasteiger partial charge in [-0.1, -0.05) is 40.2 Å². The average molecular weight is 441 g/mol. The van der Waals surface area contributed by atoms with E-state index in [0.717, 1.165) is 27.7 Å². The van der Waals surface area contributed by atoms with Gasteiger partial charge in [0.15, 0.2) is 0 Å². The van der Waals surface area contributed by atoms with Crippen molar-refractivity contribution in [2.75, 3.05) is 5.32 Å². The molecule has 0 saturated heterocycles. The summed E-state index contributed by atoms with van der Waals surface area (Å²) in [6.07, 6.45) is 5.38. The van der Waals surface area contributed by atoms with Crippen LogP contribution in [0.5, 0.6) is 5.75 Å². The number of anilines is 1. The molecule has 0 radical (unpaired) electrons. The van der Waals surface area contributed by atoms with Gasteiger partial charge in [-0.05, 0) is 62.9 Å². The Kier molecular flexibility index (Phi) is 4.74. The van der Waals surface area contributed by atoms with Gasteiger partial charge < -0.3 is 15.7 Å². The standard InChI is InChI=1S/C23H25BrN2O2/c1-23(2,3)26-22(28)17-9-5-8-15-14-6-4-7-16(14)21(25-20(15)17)18-12-13(24)10-11-19(18)27/h4-6,8-12,14,16,21,25,27H,7H2,1-3H3,(H,26,28). The van der Waals surface area contributed by atoms with E-state index in [1.807, 2.05) is 45.0 Å². The number of para-hydroxylation sites is 1. The highest BCUT2D eigenvalue weighted by molar-refractivity contribution is 9.10. The maximum absolute atomic E-state index is 13.0. The number of carbonyl (C=O) groups is 1. The molecule has 4 rings (SSSR count). The summed E-state index contributed by atoms with van der Waals surface area (Å²) in [5.74, 6) is 0.705. The summed E-state index contributed by atoms with van der Waals surface area (Å²) < 4.78 is 0.925. The monoisotopic (exact) mass is 440 g/mol. The Hall–Kier alpha value is -2.27. The van der Waals surface area contributed by atoms with Crippen molar-refractivity contribution in [3.05, 3.63) is 69.7 Å². The summed E-state index contributed by atoms with van der Waals surface area (Å²) in [4.78, 5) is 13.0. The van der Waals surface area contributed by atoms with Gasteiger partial charge in [-0.15, -0.1) is 0 Å². The van der Waals surface area contributed by atoms with E-state index in [1.165, 1.54) is 0 Å². The molecule has 2 aliphatic rings. The molecule has 28 heavy (non-hydrogen) atoms. The van der Waals surface area contributed by atoms with Crippen LogP contribution in [-0.2, 0) is 0 Å². The van der Waals surface area contributed by atoms with E-state index in [2.05, 4.69) is 44.8 Å². The van der Waals surface area contributed by atoms with Crippen LogP contribution >= 0.6 is 15.9 Å². The number of phenols is 1. The summed E-state index contributed by atoms with van der Waals surface area (Å²) >= 11 is 3.52. The molecule has 0 bridgehead atoms. The number of hydrogen-bond acceptors (Lipinski definition) is 3. The number of hydrogen-bond donors (Lipinski definition) is 3. The van der Waals surface area contributed by atoms with E-state index in [-0.39, 0.29) is 29.2 Å². The number of fused-ring (bicyclic) bond motifs is 3. The Balaban J connectivity index is 1.80. The second-order valence-electron chi connectivity index (χ2n) is 8.65. The van der Waals surface area contributed by atoms with E-state index in [9.17, 15) is 9.90 Å². The molecule has 5 heteroatoms. The van der Waals surface area contributed by atoms with E-state index in [0.29, 0.717) is 11.5 Å². The third kappa shape index (κ3) is 3.44. The first-order chi connectivity index (χ1) is 13.2. The van der Waals surface area contributed by atoms with E-state index >= 15 is 0 Å². The van der Waals surface area contributed by atoms with Crippen LogP contribution in [0.15, 0.2) is 53.0 Å². The van der Waals surface area contributed by atoms with Crippen LogP contribution in [-0.4, -0.2) is 16.6 Å². The Morgan fingerprint density at radius 1 is 1.21 bits per heavy atom. The summed E-state index contributed by atoms with van der Waals surface area (Å²) in [5.41, 5.74) is 3.19. The van der Waals surface area contributed by atoms with Gasteiger partial charge in [0.1, 0.15) is 5.75 Å². The fourth-order valence-corrected chi connectivity index (χ4v) is 4.68. The Bertz CT molecular complexity index is 962. The molecule has 2 aromatic carbocycles. The first kappa shape index (κ1) is 19.1. The smallest absolute Gasteiger partial charge is 0.253 e. The molecule has 3 unspecified atom stereocenters. The number of amides is 1. The molecule has 3 N–H and O–H groups in total. The van der Waals surface area contributed by atoms with Crippen LogP contribution in [0.1, 0.15) is 60.6 Å². The summed E-state index contributed by atoms with van der Waals surface area (Å²) in [7, 11) is 0. The molecular formula is C23H25BrN2O2. The minimum Gasteiger partial charge on any atom is -0.508 e. The maximum atomic E-state index is 13.0.